The molecule has 2 fully saturated rings. The second kappa shape index (κ2) is 18.2. The van der Waals surface area contributed by atoms with Gasteiger partial charge in [-0.3, -0.25) is 39.0 Å². The van der Waals surface area contributed by atoms with Crippen molar-refractivity contribution in [1.29, 1.82) is 0 Å². The molecule has 4 heterocycles. The summed E-state index contributed by atoms with van der Waals surface area (Å²) in [5, 5.41) is 5.48. The highest BCUT2D eigenvalue weighted by molar-refractivity contribution is 6.30. The van der Waals surface area contributed by atoms with E-state index < -0.39 is 48.1 Å². The van der Waals surface area contributed by atoms with Gasteiger partial charge in [0.1, 0.15) is 23.9 Å². The van der Waals surface area contributed by atoms with Crippen LogP contribution in [0.2, 0.25) is 5.02 Å². The molecule has 59 heavy (non-hydrogen) atoms. The number of hydrogen-bond acceptors (Lipinski definition) is 12. The SMILES string of the molecule is C[C@@H]1C[C@@H](C)c2c1ncnc2N1CCN(C(=O)[C@H](CN(C)CCOCCNC(=O)COc2cccc3c2C(=O)N(C2CCC(=O)NC2=O)C3=O)c2ccc(Cl)cc2)CC1. The average molecular weight is 829 g/mol. The summed E-state index contributed by atoms with van der Waals surface area (Å²) >= 11 is 6.21. The van der Waals surface area contributed by atoms with Gasteiger partial charge in [-0.15, -0.1) is 0 Å². The highest BCUT2D eigenvalue weighted by Gasteiger charge is 2.46. The standard InChI is InChI=1S/C42H49ClN8O8/c1-25-21-26(2)37-35(25)38(46-24-45-37)49-14-16-50(17-15-49)40(55)30(27-7-9-28(43)10-8-27)22-48(3)18-20-58-19-13-44-34(53)23-59-32-6-4-5-29-36(32)42(57)51(41(29)56)31-11-12-33(52)47-39(31)54/h4-10,24-26,30-31H,11-23H2,1-3H3,(H,44,53)(H,47,52,54)/t25-,26-,30-,31?/m1/s1. The molecular weight excluding hydrogens is 780 g/mol. The number of nitrogens with zero attached hydrogens (tertiary/aromatic N) is 6. The van der Waals surface area contributed by atoms with E-state index in [4.69, 9.17) is 21.1 Å². The Morgan fingerprint density at radius 3 is 2.49 bits per heavy atom. The van der Waals surface area contributed by atoms with Gasteiger partial charge in [0.25, 0.3) is 17.7 Å². The molecule has 16 nitrogen and oxygen atoms in total. The van der Waals surface area contributed by atoms with Gasteiger partial charge in [0.05, 0.1) is 36.0 Å². The first-order valence-corrected chi connectivity index (χ1v) is 20.4. The molecule has 1 aliphatic carbocycles. The summed E-state index contributed by atoms with van der Waals surface area (Å²) < 4.78 is 11.5. The van der Waals surface area contributed by atoms with Gasteiger partial charge in [0.15, 0.2) is 6.61 Å². The van der Waals surface area contributed by atoms with Crippen LogP contribution >= 0.6 is 11.6 Å². The van der Waals surface area contributed by atoms with E-state index >= 15 is 0 Å². The molecule has 1 unspecified atom stereocenters. The van der Waals surface area contributed by atoms with Crippen LogP contribution in [-0.4, -0.2) is 139 Å². The Balaban J connectivity index is 0.852. The fourth-order valence-corrected chi connectivity index (χ4v) is 8.57. The predicted octanol–water partition coefficient (Wildman–Crippen LogP) is 2.72. The number of nitrogens with one attached hydrogen (secondary N) is 2. The summed E-state index contributed by atoms with van der Waals surface area (Å²) in [6.45, 7) is 8.38. The van der Waals surface area contributed by atoms with Gasteiger partial charge in [-0.25, -0.2) is 9.97 Å². The van der Waals surface area contributed by atoms with Gasteiger partial charge in [0, 0.05) is 62.8 Å². The molecule has 4 atom stereocenters. The monoisotopic (exact) mass is 828 g/mol. The Morgan fingerprint density at radius 2 is 1.75 bits per heavy atom. The van der Waals surface area contributed by atoms with E-state index in [1.54, 1.807) is 18.5 Å². The molecule has 0 saturated carbocycles. The Kier molecular flexibility index (Phi) is 12.9. The van der Waals surface area contributed by atoms with Crippen molar-refractivity contribution in [2.24, 2.45) is 0 Å². The van der Waals surface area contributed by atoms with Crippen LogP contribution in [0.5, 0.6) is 5.75 Å². The zero-order valence-corrected chi connectivity index (χ0v) is 34.2. The number of piperidine rings is 1. The zero-order valence-electron chi connectivity index (χ0n) is 33.4. The predicted molar refractivity (Wildman–Crippen MR) is 216 cm³/mol. The maximum atomic E-state index is 14.1. The molecule has 1 aromatic heterocycles. The molecule has 4 aliphatic rings. The van der Waals surface area contributed by atoms with E-state index in [9.17, 15) is 28.8 Å². The Hall–Kier alpha value is -5.45. The summed E-state index contributed by atoms with van der Waals surface area (Å²) in [4.78, 5) is 93.5. The second-order valence-corrected chi connectivity index (χ2v) is 16.0. The average Bonchev–Trinajstić information content (AvgIpc) is 3.67. The molecule has 7 rings (SSSR count). The number of carbonyl (C=O) groups is 6. The Morgan fingerprint density at radius 1 is 0.983 bits per heavy atom. The molecule has 3 aromatic rings. The second-order valence-electron chi connectivity index (χ2n) is 15.6. The lowest BCUT2D eigenvalue weighted by molar-refractivity contribution is -0.136. The van der Waals surface area contributed by atoms with Crippen molar-refractivity contribution in [3.05, 3.63) is 81.8 Å². The summed E-state index contributed by atoms with van der Waals surface area (Å²) in [5.41, 5.74) is 3.30. The fraction of sp³-hybridized carbons (Fsp3) is 0.476. The van der Waals surface area contributed by atoms with Gasteiger partial charge < -0.3 is 29.5 Å². The maximum absolute atomic E-state index is 14.1. The smallest absolute Gasteiger partial charge is 0.266 e. The fourth-order valence-electron chi connectivity index (χ4n) is 8.44. The molecule has 0 bridgehead atoms. The van der Waals surface area contributed by atoms with E-state index in [1.165, 1.54) is 23.8 Å². The van der Waals surface area contributed by atoms with Crippen LogP contribution < -0.4 is 20.3 Å². The topological polar surface area (TPSA) is 184 Å². The molecule has 3 aliphatic heterocycles. The summed E-state index contributed by atoms with van der Waals surface area (Å²) in [6.07, 6.45) is 2.77. The van der Waals surface area contributed by atoms with Crippen molar-refractivity contribution in [3.63, 3.8) is 0 Å². The van der Waals surface area contributed by atoms with Crippen LogP contribution in [0.15, 0.2) is 48.8 Å². The number of imide groups is 2. The van der Waals surface area contributed by atoms with E-state index in [1.807, 2.05) is 24.1 Å². The van der Waals surface area contributed by atoms with Crippen molar-refractivity contribution >= 4 is 52.9 Å². The van der Waals surface area contributed by atoms with Gasteiger partial charge >= 0.3 is 0 Å². The number of fused-ring (bicyclic) bond motifs is 2. The molecule has 0 radical (unpaired) electrons. The highest BCUT2D eigenvalue weighted by Crippen LogP contribution is 2.44. The number of benzene rings is 2. The molecule has 0 spiro atoms. The maximum Gasteiger partial charge on any atom is 0.266 e. The van der Waals surface area contributed by atoms with Gasteiger partial charge in [-0.1, -0.05) is 43.6 Å². The Labute approximate surface area is 347 Å². The number of likely N-dealkylation sites (N-methyl/N-ethyl adjacent to an activating group) is 1. The van der Waals surface area contributed by atoms with Crippen molar-refractivity contribution in [3.8, 4) is 5.75 Å². The molecule has 312 valence electrons. The van der Waals surface area contributed by atoms with Crippen LogP contribution in [0.3, 0.4) is 0 Å². The number of piperazine rings is 1. The minimum atomic E-state index is -1.11. The van der Waals surface area contributed by atoms with Crippen molar-refractivity contribution in [2.75, 3.05) is 77.6 Å². The summed E-state index contributed by atoms with van der Waals surface area (Å²) in [7, 11) is 1.94. The first kappa shape index (κ1) is 41.7. The van der Waals surface area contributed by atoms with E-state index in [0.717, 1.165) is 28.4 Å². The van der Waals surface area contributed by atoms with E-state index in [2.05, 4.69) is 44.2 Å². The number of halogens is 1. The normalized spacial score (nSPS) is 20.8. The lowest BCUT2D eigenvalue weighted by Crippen LogP contribution is -2.54. The largest absolute Gasteiger partial charge is 0.483 e. The van der Waals surface area contributed by atoms with Gasteiger partial charge in [-0.05, 0) is 61.6 Å². The van der Waals surface area contributed by atoms with Crippen molar-refractivity contribution in [2.45, 2.75) is 56.9 Å². The van der Waals surface area contributed by atoms with Gasteiger partial charge in [-0.2, -0.15) is 0 Å². The lowest BCUT2D eigenvalue weighted by atomic mass is 9.96. The number of aromatic nitrogens is 2. The number of hydrogen-bond donors (Lipinski definition) is 2. The number of rotatable bonds is 15. The van der Waals surface area contributed by atoms with Crippen LogP contribution in [0.1, 0.15) is 88.4 Å². The molecule has 2 saturated heterocycles. The summed E-state index contributed by atoms with van der Waals surface area (Å²) in [5.74, 6) is -1.52. The first-order chi connectivity index (χ1) is 28.4. The highest BCUT2D eigenvalue weighted by atomic mass is 35.5. The first-order valence-electron chi connectivity index (χ1n) is 20.1. The van der Waals surface area contributed by atoms with Gasteiger partial charge in [0.2, 0.25) is 17.7 Å². The lowest BCUT2D eigenvalue weighted by Gasteiger charge is -2.38. The zero-order chi connectivity index (χ0) is 41.8. The minimum Gasteiger partial charge on any atom is -0.483 e. The van der Waals surface area contributed by atoms with Crippen molar-refractivity contribution < 1.29 is 38.2 Å². The molecule has 6 amide bonds. The van der Waals surface area contributed by atoms with Crippen LogP contribution in [0.25, 0.3) is 0 Å². The number of anilines is 1. The number of carbonyl (C=O) groups excluding carboxylic acids is 6. The molecular formula is C42H49ClN8O8. The Bertz CT molecular complexity index is 2110. The van der Waals surface area contributed by atoms with Crippen LogP contribution in [-0.2, 0) is 23.9 Å². The van der Waals surface area contributed by atoms with Crippen LogP contribution in [0, 0.1) is 0 Å². The molecule has 2 aromatic carbocycles. The molecule has 2 N–H and O–H groups in total. The minimum absolute atomic E-state index is 0.00509. The van der Waals surface area contributed by atoms with E-state index in [-0.39, 0.29) is 48.8 Å². The third-order valence-corrected chi connectivity index (χ3v) is 11.7. The third kappa shape index (κ3) is 9.09. The molecule has 17 heteroatoms. The van der Waals surface area contributed by atoms with E-state index in [0.29, 0.717) is 62.7 Å². The van der Waals surface area contributed by atoms with Crippen molar-refractivity contribution in [1.82, 2.24) is 35.3 Å². The quantitative estimate of drug-likeness (QED) is 0.169. The van der Waals surface area contributed by atoms with Crippen LogP contribution in [0.4, 0.5) is 5.82 Å². The number of ether oxygens (including phenoxy) is 2. The number of amides is 6. The summed E-state index contributed by atoms with van der Waals surface area (Å²) in [6, 6.07) is 10.8. The third-order valence-electron chi connectivity index (χ3n) is 11.5.